The molecule has 3 heteroatoms. The van der Waals surface area contributed by atoms with E-state index < -0.39 is 0 Å². The van der Waals surface area contributed by atoms with E-state index in [0.717, 1.165) is 5.82 Å². The molecule has 1 aromatic heterocycles. The molecule has 0 fully saturated rings. The van der Waals surface area contributed by atoms with E-state index in [2.05, 4.69) is 4.98 Å². The molecular weight excluding hydrogens is 140 g/mol. The first-order chi connectivity index (χ1) is 5.20. The molecule has 58 valence electrons. The van der Waals surface area contributed by atoms with Gasteiger partial charge in [-0.05, 0) is 19.1 Å². The van der Waals surface area contributed by atoms with Crippen LogP contribution in [0.2, 0.25) is 0 Å². The van der Waals surface area contributed by atoms with E-state index in [1.54, 1.807) is 12.3 Å². The highest BCUT2D eigenvalue weighted by Gasteiger charge is 1.91. The normalized spacial score (nSPS) is 10.7. The Labute approximate surface area is 65.4 Å². The minimum Gasteiger partial charge on any atom is -0.335 e. The zero-order chi connectivity index (χ0) is 8.27. The van der Waals surface area contributed by atoms with Crippen LogP contribution in [0.4, 0.5) is 0 Å². The summed E-state index contributed by atoms with van der Waals surface area (Å²) in [5.41, 5.74) is 0. The molecule has 3 nitrogen and oxygen atoms in total. The number of hydrogen-bond donors (Lipinski definition) is 0. The monoisotopic (exact) mass is 150 g/mol. The van der Waals surface area contributed by atoms with Crippen molar-refractivity contribution in [1.82, 2.24) is 9.55 Å². The summed E-state index contributed by atoms with van der Waals surface area (Å²) in [6.07, 6.45) is 6.73. The predicted octanol–water partition coefficient (Wildman–Crippen LogP) is 1.02. The van der Waals surface area contributed by atoms with Crippen molar-refractivity contribution in [3.8, 4) is 0 Å². The third kappa shape index (κ3) is 2.04. The molecule has 0 radical (unpaired) electrons. The summed E-state index contributed by atoms with van der Waals surface area (Å²) >= 11 is 0. The predicted molar refractivity (Wildman–Crippen MR) is 42.9 cm³/mol. The number of carbonyl (C=O) groups is 1. The second kappa shape index (κ2) is 3.14. The van der Waals surface area contributed by atoms with E-state index in [0.29, 0.717) is 0 Å². The van der Waals surface area contributed by atoms with Crippen molar-refractivity contribution < 1.29 is 4.79 Å². The summed E-state index contributed by atoms with van der Waals surface area (Å²) in [5.74, 6) is 0.827. The quantitative estimate of drug-likeness (QED) is 0.590. The number of allylic oxidation sites excluding steroid dienone is 1. The first-order valence-corrected chi connectivity index (χ1v) is 3.36. The van der Waals surface area contributed by atoms with Crippen molar-refractivity contribution >= 4 is 11.9 Å². The van der Waals surface area contributed by atoms with Crippen LogP contribution in [-0.4, -0.2) is 15.3 Å². The maximum Gasteiger partial charge on any atom is 0.152 e. The van der Waals surface area contributed by atoms with Crippen LogP contribution in [0.15, 0.2) is 18.5 Å². The maximum absolute atomic E-state index is 10.5. The van der Waals surface area contributed by atoms with Gasteiger partial charge in [-0.15, -0.1) is 0 Å². The molecule has 0 N–H and O–H groups in total. The Kier molecular flexibility index (Phi) is 2.21. The van der Waals surface area contributed by atoms with Gasteiger partial charge in [-0.25, -0.2) is 4.98 Å². The first-order valence-electron chi connectivity index (χ1n) is 3.36. The average molecular weight is 150 g/mol. The van der Waals surface area contributed by atoms with E-state index in [4.69, 9.17) is 0 Å². The molecule has 0 amide bonds. The molecule has 1 rings (SSSR count). The number of ketones is 1. The van der Waals surface area contributed by atoms with Gasteiger partial charge in [0, 0.05) is 19.4 Å². The second-order valence-electron chi connectivity index (χ2n) is 2.34. The Morgan fingerprint density at radius 1 is 1.73 bits per heavy atom. The number of nitrogens with zero attached hydrogens (tertiary/aromatic N) is 2. The van der Waals surface area contributed by atoms with Crippen molar-refractivity contribution in [2.24, 2.45) is 7.05 Å². The van der Waals surface area contributed by atoms with Gasteiger partial charge in [-0.3, -0.25) is 4.79 Å². The lowest BCUT2D eigenvalue weighted by molar-refractivity contribution is -0.112. The number of aromatic nitrogens is 2. The van der Waals surface area contributed by atoms with Crippen molar-refractivity contribution in [1.29, 1.82) is 0 Å². The number of carbonyl (C=O) groups excluding carboxylic acids is 1. The van der Waals surface area contributed by atoms with E-state index in [9.17, 15) is 4.79 Å². The molecule has 0 spiro atoms. The van der Waals surface area contributed by atoms with E-state index in [1.165, 1.54) is 13.0 Å². The Morgan fingerprint density at radius 3 is 2.91 bits per heavy atom. The zero-order valence-electron chi connectivity index (χ0n) is 6.61. The third-order valence-electron chi connectivity index (χ3n) is 1.33. The van der Waals surface area contributed by atoms with Gasteiger partial charge in [0.15, 0.2) is 5.78 Å². The molecule has 0 aliphatic heterocycles. The number of hydrogen-bond acceptors (Lipinski definition) is 2. The van der Waals surface area contributed by atoms with E-state index >= 15 is 0 Å². The summed E-state index contributed by atoms with van der Waals surface area (Å²) in [4.78, 5) is 14.5. The largest absolute Gasteiger partial charge is 0.335 e. The van der Waals surface area contributed by atoms with Gasteiger partial charge < -0.3 is 4.57 Å². The van der Waals surface area contributed by atoms with Crippen LogP contribution in [0.5, 0.6) is 0 Å². The van der Waals surface area contributed by atoms with Crippen LogP contribution >= 0.6 is 0 Å². The van der Waals surface area contributed by atoms with E-state index in [-0.39, 0.29) is 5.78 Å². The zero-order valence-corrected chi connectivity index (χ0v) is 6.61. The van der Waals surface area contributed by atoms with Crippen molar-refractivity contribution in [2.45, 2.75) is 6.92 Å². The lowest BCUT2D eigenvalue weighted by atomic mass is 10.4. The minimum absolute atomic E-state index is 0.0352. The smallest absolute Gasteiger partial charge is 0.152 e. The minimum atomic E-state index is 0.0352. The second-order valence-corrected chi connectivity index (χ2v) is 2.34. The van der Waals surface area contributed by atoms with Gasteiger partial charge in [0.05, 0.1) is 0 Å². The van der Waals surface area contributed by atoms with Crippen molar-refractivity contribution in [2.75, 3.05) is 0 Å². The van der Waals surface area contributed by atoms with Crippen molar-refractivity contribution in [3.63, 3.8) is 0 Å². The molecule has 0 unspecified atom stereocenters. The summed E-state index contributed by atoms with van der Waals surface area (Å²) in [5, 5.41) is 0. The Hall–Kier alpha value is -1.38. The van der Waals surface area contributed by atoms with Gasteiger partial charge >= 0.3 is 0 Å². The topological polar surface area (TPSA) is 34.9 Å². The first kappa shape index (κ1) is 7.72. The van der Waals surface area contributed by atoms with Crippen LogP contribution in [0.1, 0.15) is 12.7 Å². The summed E-state index contributed by atoms with van der Waals surface area (Å²) < 4.78 is 1.85. The standard InChI is InChI=1S/C8H10N2O/c1-7(11)3-4-8-9-5-6-10(8)2/h3-6H,1-2H3. The van der Waals surface area contributed by atoms with Gasteiger partial charge in [-0.1, -0.05) is 0 Å². The van der Waals surface area contributed by atoms with Crippen LogP contribution in [0.3, 0.4) is 0 Å². The highest BCUT2D eigenvalue weighted by Crippen LogP contribution is 1.96. The Balaban J connectivity index is 2.79. The molecule has 0 aromatic carbocycles. The molecule has 0 saturated carbocycles. The number of aryl methyl sites for hydroxylation is 1. The fraction of sp³-hybridized carbons (Fsp3) is 0.250. The van der Waals surface area contributed by atoms with Gasteiger partial charge in [0.2, 0.25) is 0 Å². The summed E-state index contributed by atoms with van der Waals surface area (Å²) in [7, 11) is 1.88. The molecule has 0 aliphatic carbocycles. The number of imidazole rings is 1. The summed E-state index contributed by atoms with van der Waals surface area (Å²) in [6, 6.07) is 0. The lowest BCUT2D eigenvalue weighted by Crippen LogP contribution is -1.90. The van der Waals surface area contributed by atoms with Crippen LogP contribution in [0, 0.1) is 0 Å². The SMILES string of the molecule is CC(=O)C=Cc1nccn1C. The van der Waals surface area contributed by atoms with Crippen LogP contribution in [0.25, 0.3) is 6.08 Å². The average Bonchev–Trinajstić information content (AvgIpc) is 2.31. The fourth-order valence-electron chi connectivity index (χ4n) is 0.730. The molecule has 1 aromatic rings. The summed E-state index contributed by atoms with van der Waals surface area (Å²) in [6.45, 7) is 1.51. The molecule has 0 aliphatic rings. The van der Waals surface area contributed by atoms with E-state index in [1.807, 2.05) is 17.8 Å². The molecule has 0 saturated heterocycles. The molecule has 11 heavy (non-hydrogen) atoms. The number of rotatable bonds is 2. The molecule has 0 atom stereocenters. The van der Waals surface area contributed by atoms with Crippen molar-refractivity contribution in [3.05, 3.63) is 24.3 Å². The molecule has 0 bridgehead atoms. The fourth-order valence-corrected chi connectivity index (χ4v) is 0.730. The highest BCUT2D eigenvalue weighted by molar-refractivity contribution is 5.91. The highest BCUT2D eigenvalue weighted by atomic mass is 16.1. The maximum atomic E-state index is 10.5. The van der Waals surface area contributed by atoms with Crippen LogP contribution < -0.4 is 0 Å². The van der Waals surface area contributed by atoms with Gasteiger partial charge in [0.25, 0.3) is 0 Å². The molecular formula is C8H10N2O. The van der Waals surface area contributed by atoms with Gasteiger partial charge in [0.1, 0.15) is 5.82 Å². The Bertz CT molecular complexity index is 286. The van der Waals surface area contributed by atoms with Gasteiger partial charge in [-0.2, -0.15) is 0 Å². The lowest BCUT2D eigenvalue weighted by Gasteiger charge is -1.91. The Morgan fingerprint density at radius 2 is 2.45 bits per heavy atom. The molecule has 1 heterocycles. The van der Waals surface area contributed by atoms with Crippen LogP contribution in [-0.2, 0) is 11.8 Å². The third-order valence-corrected chi connectivity index (χ3v) is 1.33.